The molecule has 2 aromatic rings. The minimum Gasteiger partial charge on any atom is -0.370 e. The summed E-state index contributed by atoms with van der Waals surface area (Å²) >= 11 is 0. The smallest absolute Gasteiger partial charge is 0.0991 e. The van der Waals surface area contributed by atoms with Crippen LogP contribution in [0.3, 0.4) is 0 Å². The third kappa shape index (κ3) is 3.42. The Balaban J connectivity index is 1.65. The average Bonchev–Trinajstić information content (AvgIpc) is 2.96. The van der Waals surface area contributed by atoms with Crippen LogP contribution in [0.25, 0.3) is 0 Å². The number of benzene rings is 2. The molecule has 0 bridgehead atoms. The van der Waals surface area contributed by atoms with Crippen molar-refractivity contribution in [2.75, 3.05) is 11.9 Å². The van der Waals surface area contributed by atoms with Crippen LogP contribution in [0.5, 0.6) is 0 Å². The van der Waals surface area contributed by atoms with E-state index in [1.165, 1.54) is 12.0 Å². The lowest BCUT2D eigenvalue weighted by Crippen LogP contribution is -2.35. The number of likely N-dealkylation sites (tertiary alicyclic amines) is 1. The molecular weight excluding hydrogens is 258 g/mol. The second kappa shape index (κ2) is 6.43. The first kappa shape index (κ1) is 13.7. The van der Waals surface area contributed by atoms with Crippen molar-refractivity contribution >= 4 is 5.69 Å². The topological polar surface area (TPSA) is 39.1 Å². The molecule has 21 heavy (non-hydrogen) atoms. The first-order valence-electron chi connectivity index (χ1n) is 7.40. The van der Waals surface area contributed by atoms with Gasteiger partial charge in [0.1, 0.15) is 0 Å². The number of hydrogen-bond acceptors (Lipinski definition) is 3. The molecule has 2 aromatic carbocycles. The zero-order chi connectivity index (χ0) is 14.5. The highest BCUT2D eigenvalue weighted by Gasteiger charge is 2.24. The van der Waals surface area contributed by atoms with Crippen LogP contribution >= 0.6 is 0 Å². The molecule has 1 heterocycles. The van der Waals surface area contributed by atoms with Crippen molar-refractivity contribution in [2.24, 2.45) is 0 Å². The van der Waals surface area contributed by atoms with Crippen LogP contribution in [-0.4, -0.2) is 17.6 Å². The Morgan fingerprint density at radius 2 is 1.86 bits per heavy atom. The molecular formula is C18H19N3. The highest BCUT2D eigenvalue weighted by molar-refractivity contribution is 5.47. The molecule has 3 nitrogen and oxygen atoms in total. The van der Waals surface area contributed by atoms with Gasteiger partial charge in [-0.2, -0.15) is 5.26 Å². The molecule has 1 unspecified atom stereocenters. The first-order chi connectivity index (χ1) is 10.3. The third-order valence-corrected chi connectivity index (χ3v) is 3.94. The van der Waals surface area contributed by atoms with Gasteiger partial charge < -0.3 is 5.32 Å². The zero-order valence-electron chi connectivity index (χ0n) is 12.0. The molecule has 0 aromatic heterocycles. The van der Waals surface area contributed by atoms with E-state index in [9.17, 15) is 0 Å². The standard InChI is InChI=1S/C18H19N3/c19-13-15-8-10-17(11-9-15)20-18-7-4-12-21(18)14-16-5-2-1-3-6-16/h1-3,5-6,8-11,18,20H,4,7,12,14H2. The largest absolute Gasteiger partial charge is 0.370 e. The number of hydrogen-bond donors (Lipinski definition) is 1. The van der Waals surface area contributed by atoms with Crippen molar-refractivity contribution < 1.29 is 0 Å². The minimum atomic E-state index is 0.373. The molecule has 0 radical (unpaired) electrons. The summed E-state index contributed by atoms with van der Waals surface area (Å²) < 4.78 is 0. The number of anilines is 1. The second-order valence-electron chi connectivity index (χ2n) is 5.45. The van der Waals surface area contributed by atoms with E-state index in [1.54, 1.807) is 0 Å². The van der Waals surface area contributed by atoms with Crippen molar-refractivity contribution in [3.63, 3.8) is 0 Å². The van der Waals surface area contributed by atoms with Crippen molar-refractivity contribution in [2.45, 2.75) is 25.6 Å². The van der Waals surface area contributed by atoms with Crippen LogP contribution < -0.4 is 5.32 Å². The van der Waals surface area contributed by atoms with E-state index in [1.807, 2.05) is 24.3 Å². The van der Waals surface area contributed by atoms with Crippen LogP contribution in [0, 0.1) is 11.3 Å². The Morgan fingerprint density at radius 3 is 2.57 bits per heavy atom. The number of nitrogens with one attached hydrogen (secondary N) is 1. The van der Waals surface area contributed by atoms with Gasteiger partial charge in [-0.05, 0) is 42.7 Å². The summed E-state index contributed by atoms with van der Waals surface area (Å²) in [6.07, 6.45) is 2.76. The summed E-state index contributed by atoms with van der Waals surface area (Å²) in [5, 5.41) is 12.4. The molecule has 0 spiro atoms. The predicted molar refractivity (Wildman–Crippen MR) is 84.7 cm³/mol. The van der Waals surface area contributed by atoms with Crippen LogP contribution in [0.4, 0.5) is 5.69 Å². The molecule has 106 valence electrons. The van der Waals surface area contributed by atoms with Crippen LogP contribution in [-0.2, 0) is 6.54 Å². The number of nitriles is 1. The van der Waals surface area contributed by atoms with E-state index >= 15 is 0 Å². The fraction of sp³-hybridized carbons (Fsp3) is 0.278. The van der Waals surface area contributed by atoms with Gasteiger partial charge in [0.25, 0.3) is 0 Å². The lowest BCUT2D eigenvalue weighted by Gasteiger charge is -2.26. The Hall–Kier alpha value is -2.31. The first-order valence-corrected chi connectivity index (χ1v) is 7.40. The van der Waals surface area contributed by atoms with Gasteiger partial charge in [0, 0.05) is 18.8 Å². The molecule has 0 amide bonds. The maximum atomic E-state index is 8.84. The van der Waals surface area contributed by atoms with Gasteiger partial charge in [0.2, 0.25) is 0 Å². The molecule has 3 rings (SSSR count). The summed E-state index contributed by atoms with van der Waals surface area (Å²) in [6, 6.07) is 20.4. The second-order valence-corrected chi connectivity index (χ2v) is 5.45. The van der Waals surface area contributed by atoms with Crippen molar-refractivity contribution in [3.05, 3.63) is 65.7 Å². The van der Waals surface area contributed by atoms with E-state index < -0.39 is 0 Å². The summed E-state index contributed by atoms with van der Waals surface area (Å²) in [5.41, 5.74) is 3.14. The predicted octanol–water partition coefficient (Wildman–Crippen LogP) is 3.59. The summed E-state index contributed by atoms with van der Waals surface area (Å²) in [6.45, 7) is 2.11. The molecule has 3 heteroatoms. The lowest BCUT2D eigenvalue weighted by atomic mass is 10.2. The van der Waals surface area contributed by atoms with Gasteiger partial charge in [0.15, 0.2) is 0 Å². The van der Waals surface area contributed by atoms with Crippen LogP contribution in [0.15, 0.2) is 54.6 Å². The van der Waals surface area contributed by atoms with E-state index in [0.29, 0.717) is 11.7 Å². The van der Waals surface area contributed by atoms with Crippen LogP contribution in [0.2, 0.25) is 0 Å². The van der Waals surface area contributed by atoms with E-state index in [0.717, 1.165) is 25.2 Å². The Labute approximate surface area is 125 Å². The number of rotatable bonds is 4. The Morgan fingerprint density at radius 1 is 1.10 bits per heavy atom. The van der Waals surface area contributed by atoms with Gasteiger partial charge in [0.05, 0.1) is 17.8 Å². The molecule has 1 atom stereocenters. The number of nitrogens with zero attached hydrogens (tertiary/aromatic N) is 2. The van der Waals surface area contributed by atoms with E-state index in [4.69, 9.17) is 5.26 Å². The SMILES string of the molecule is N#Cc1ccc(NC2CCCN2Cc2ccccc2)cc1. The highest BCUT2D eigenvalue weighted by atomic mass is 15.3. The van der Waals surface area contributed by atoms with Gasteiger partial charge in [-0.1, -0.05) is 30.3 Å². The maximum absolute atomic E-state index is 8.84. The fourth-order valence-electron chi connectivity index (χ4n) is 2.83. The van der Waals surface area contributed by atoms with Gasteiger partial charge >= 0.3 is 0 Å². The third-order valence-electron chi connectivity index (χ3n) is 3.94. The molecule has 1 N–H and O–H groups in total. The Kier molecular flexibility index (Phi) is 4.18. The monoisotopic (exact) mass is 277 g/mol. The van der Waals surface area contributed by atoms with Crippen molar-refractivity contribution in [1.82, 2.24) is 4.90 Å². The van der Waals surface area contributed by atoms with Gasteiger partial charge in [-0.3, -0.25) is 4.90 Å². The molecule has 1 aliphatic rings. The fourth-order valence-corrected chi connectivity index (χ4v) is 2.83. The molecule has 1 fully saturated rings. The minimum absolute atomic E-state index is 0.373. The molecule has 1 saturated heterocycles. The average molecular weight is 277 g/mol. The van der Waals surface area contributed by atoms with Crippen molar-refractivity contribution in [1.29, 1.82) is 5.26 Å². The maximum Gasteiger partial charge on any atom is 0.0991 e. The quantitative estimate of drug-likeness (QED) is 0.928. The lowest BCUT2D eigenvalue weighted by molar-refractivity contribution is 0.267. The molecule has 0 aliphatic carbocycles. The van der Waals surface area contributed by atoms with E-state index in [-0.39, 0.29) is 0 Å². The molecule has 0 saturated carbocycles. The van der Waals surface area contributed by atoms with E-state index in [2.05, 4.69) is 46.6 Å². The summed E-state index contributed by atoms with van der Waals surface area (Å²) in [4.78, 5) is 2.48. The van der Waals surface area contributed by atoms with Crippen molar-refractivity contribution in [3.8, 4) is 6.07 Å². The normalized spacial score (nSPS) is 18.3. The highest BCUT2D eigenvalue weighted by Crippen LogP contribution is 2.22. The molecule has 1 aliphatic heterocycles. The zero-order valence-corrected chi connectivity index (χ0v) is 12.0. The summed E-state index contributed by atoms with van der Waals surface area (Å²) in [5.74, 6) is 0. The Bertz CT molecular complexity index is 613. The van der Waals surface area contributed by atoms with Gasteiger partial charge in [-0.15, -0.1) is 0 Å². The van der Waals surface area contributed by atoms with Crippen LogP contribution in [0.1, 0.15) is 24.0 Å². The summed E-state index contributed by atoms with van der Waals surface area (Å²) in [7, 11) is 0. The van der Waals surface area contributed by atoms with Gasteiger partial charge in [-0.25, -0.2) is 0 Å².